The molecule has 32 heavy (non-hydrogen) atoms. The van der Waals surface area contributed by atoms with Gasteiger partial charge in [0.05, 0.1) is 34.0 Å². The first-order valence-corrected chi connectivity index (χ1v) is 12.9. The van der Waals surface area contributed by atoms with Crippen molar-refractivity contribution < 1.29 is 18.0 Å². The van der Waals surface area contributed by atoms with Gasteiger partial charge in [-0.05, 0) is 44.9 Å². The Morgan fingerprint density at radius 1 is 1.31 bits per heavy atom. The van der Waals surface area contributed by atoms with Crippen molar-refractivity contribution in [1.29, 1.82) is 0 Å². The van der Waals surface area contributed by atoms with Crippen LogP contribution in [-0.2, 0) is 21.2 Å². The zero-order valence-electron chi connectivity index (χ0n) is 18.5. The molecule has 0 bridgehead atoms. The van der Waals surface area contributed by atoms with Gasteiger partial charge in [0.1, 0.15) is 0 Å². The summed E-state index contributed by atoms with van der Waals surface area (Å²) in [6.45, 7) is 4.73. The van der Waals surface area contributed by atoms with Crippen molar-refractivity contribution in [3.05, 3.63) is 45.7 Å². The number of halogens is 1. The molecule has 2 saturated heterocycles. The molecule has 0 saturated carbocycles. The molecule has 0 unspecified atom stereocenters. The Balaban J connectivity index is 1.54. The molecule has 2 amide bonds. The minimum Gasteiger partial charge on any atom is -0.337 e. The number of nitrogens with zero attached hydrogens (tertiary/aromatic N) is 4. The van der Waals surface area contributed by atoms with Crippen molar-refractivity contribution in [3.8, 4) is 0 Å². The number of aryl methyl sites for hydroxylation is 1. The highest BCUT2D eigenvalue weighted by Gasteiger charge is 2.32. The lowest BCUT2D eigenvalue weighted by molar-refractivity contribution is -0.117. The van der Waals surface area contributed by atoms with E-state index in [2.05, 4.69) is 5.10 Å². The summed E-state index contributed by atoms with van der Waals surface area (Å²) in [7, 11) is -1.30. The molecule has 10 heteroatoms. The van der Waals surface area contributed by atoms with Crippen LogP contribution in [0, 0.1) is 13.8 Å². The number of carbonyl (C=O) groups is 2. The molecule has 4 rings (SSSR count). The van der Waals surface area contributed by atoms with Gasteiger partial charge in [-0.2, -0.15) is 5.10 Å². The molecule has 2 aliphatic rings. The number of amides is 2. The van der Waals surface area contributed by atoms with Crippen LogP contribution in [0.2, 0.25) is 5.02 Å². The van der Waals surface area contributed by atoms with E-state index in [0.717, 1.165) is 23.4 Å². The molecule has 0 aliphatic carbocycles. The number of rotatable bonds is 5. The summed E-state index contributed by atoms with van der Waals surface area (Å²) in [5.74, 6) is 0.107. The lowest BCUT2D eigenvalue weighted by Crippen LogP contribution is -2.28. The van der Waals surface area contributed by atoms with Crippen molar-refractivity contribution in [2.45, 2.75) is 45.7 Å². The summed E-state index contributed by atoms with van der Waals surface area (Å²) in [6, 6.07) is 4.83. The van der Waals surface area contributed by atoms with Gasteiger partial charge in [0.2, 0.25) is 5.91 Å². The molecular formula is C22H27ClN4O4S. The summed E-state index contributed by atoms with van der Waals surface area (Å²) in [5, 5.41) is 5.03. The predicted molar refractivity (Wildman–Crippen MR) is 123 cm³/mol. The van der Waals surface area contributed by atoms with E-state index in [1.807, 2.05) is 13.8 Å². The number of sulfone groups is 1. The molecule has 3 heterocycles. The summed E-state index contributed by atoms with van der Waals surface area (Å²) >= 11 is 6.31. The summed E-state index contributed by atoms with van der Waals surface area (Å²) < 4.78 is 25.6. The molecule has 2 fully saturated rings. The summed E-state index contributed by atoms with van der Waals surface area (Å²) in [4.78, 5) is 28.5. The van der Waals surface area contributed by atoms with E-state index in [1.165, 1.54) is 0 Å². The third kappa shape index (κ3) is 4.28. The third-order valence-electron chi connectivity index (χ3n) is 6.33. The van der Waals surface area contributed by atoms with Gasteiger partial charge in [0, 0.05) is 43.4 Å². The van der Waals surface area contributed by atoms with Crippen LogP contribution in [0.3, 0.4) is 0 Å². The SMILES string of the molecule is Cc1nn([C@H]2CCS(=O)(=O)C2)c(C)c1CN(C)C(=O)c1ccc(Cl)c(N2CCCC2=O)c1. The maximum Gasteiger partial charge on any atom is 0.253 e. The fourth-order valence-corrected chi connectivity index (χ4v) is 6.45. The van der Waals surface area contributed by atoms with Gasteiger partial charge < -0.3 is 9.80 Å². The van der Waals surface area contributed by atoms with Crippen molar-refractivity contribution in [1.82, 2.24) is 14.7 Å². The van der Waals surface area contributed by atoms with Gasteiger partial charge in [-0.15, -0.1) is 0 Å². The molecule has 0 spiro atoms. The van der Waals surface area contributed by atoms with E-state index in [-0.39, 0.29) is 29.4 Å². The average Bonchev–Trinajstić information content (AvgIpc) is 3.40. The largest absolute Gasteiger partial charge is 0.337 e. The molecule has 8 nitrogen and oxygen atoms in total. The summed E-state index contributed by atoms with van der Waals surface area (Å²) in [6.07, 6.45) is 1.82. The lowest BCUT2D eigenvalue weighted by Gasteiger charge is -2.21. The third-order valence-corrected chi connectivity index (χ3v) is 8.40. The molecule has 172 valence electrons. The molecule has 2 aromatic rings. The second-order valence-electron chi connectivity index (χ2n) is 8.63. The highest BCUT2D eigenvalue weighted by Crippen LogP contribution is 2.31. The Kier molecular flexibility index (Phi) is 6.06. The van der Waals surface area contributed by atoms with Crippen molar-refractivity contribution in [2.75, 3.05) is 30.0 Å². The number of benzene rings is 1. The lowest BCUT2D eigenvalue weighted by atomic mass is 10.1. The predicted octanol–water partition coefficient (Wildman–Crippen LogP) is 2.91. The Morgan fingerprint density at radius 3 is 2.69 bits per heavy atom. The number of carbonyl (C=O) groups excluding carboxylic acids is 2. The highest BCUT2D eigenvalue weighted by atomic mass is 35.5. The van der Waals surface area contributed by atoms with E-state index in [9.17, 15) is 18.0 Å². The second-order valence-corrected chi connectivity index (χ2v) is 11.3. The molecule has 2 aliphatic heterocycles. The first-order valence-electron chi connectivity index (χ1n) is 10.7. The van der Waals surface area contributed by atoms with Crippen LogP contribution < -0.4 is 4.90 Å². The smallest absolute Gasteiger partial charge is 0.253 e. The Morgan fingerprint density at radius 2 is 2.06 bits per heavy atom. The van der Waals surface area contributed by atoms with Crippen molar-refractivity contribution in [3.63, 3.8) is 0 Å². The van der Waals surface area contributed by atoms with Gasteiger partial charge in [-0.3, -0.25) is 14.3 Å². The van der Waals surface area contributed by atoms with Gasteiger partial charge in [-0.25, -0.2) is 8.42 Å². The topological polar surface area (TPSA) is 92.6 Å². The van der Waals surface area contributed by atoms with Gasteiger partial charge in [-0.1, -0.05) is 11.6 Å². The first-order chi connectivity index (χ1) is 15.1. The fraction of sp³-hybridized carbons (Fsp3) is 0.500. The summed E-state index contributed by atoms with van der Waals surface area (Å²) in [5.41, 5.74) is 3.59. The van der Waals surface area contributed by atoms with E-state index in [4.69, 9.17) is 11.6 Å². The van der Waals surface area contributed by atoms with Gasteiger partial charge in [0.15, 0.2) is 9.84 Å². The Labute approximate surface area is 193 Å². The molecule has 1 aromatic carbocycles. The van der Waals surface area contributed by atoms with E-state index < -0.39 is 9.84 Å². The minimum atomic E-state index is -3.02. The maximum absolute atomic E-state index is 13.2. The maximum atomic E-state index is 13.2. The van der Waals surface area contributed by atoms with Gasteiger partial charge >= 0.3 is 0 Å². The van der Waals surface area contributed by atoms with Crippen LogP contribution in [0.1, 0.15) is 52.6 Å². The standard InChI is InChI=1S/C22H27ClN4O4S/c1-14-18(15(2)27(24-14)17-8-10-32(30,31)13-17)12-25(3)22(29)16-6-7-19(23)20(11-16)26-9-4-5-21(26)28/h6-7,11,17H,4-5,8-10,12-13H2,1-3H3/t17-/m0/s1. The van der Waals surface area contributed by atoms with Crippen LogP contribution >= 0.6 is 11.6 Å². The second kappa shape index (κ2) is 8.51. The van der Waals surface area contributed by atoms with Crippen LogP contribution in [-0.4, -0.2) is 60.0 Å². The van der Waals surface area contributed by atoms with E-state index >= 15 is 0 Å². The Bertz CT molecular complexity index is 1190. The highest BCUT2D eigenvalue weighted by molar-refractivity contribution is 7.91. The quantitative estimate of drug-likeness (QED) is 0.658. The normalized spacial score (nSPS) is 20.2. The molecule has 1 aromatic heterocycles. The monoisotopic (exact) mass is 478 g/mol. The molecular weight excluding hydrogens is 452 g/mol. The number of hydrogen-bond acceptors (Lipinski definition) is 5. The van der Waals surface area contributed by atoms with E-state index in [0.29, 0.717) is 42.2 Å². The molecule has 1 atom stereocenters. The molecule has 0 N–H and O–H groups in total. The van der Waals surface area contributed by atoms with Crippen molar-refractivity contribution >= 4 is 38.9 Å². The van der Waals surface area contributed by atoms with Crippen LogP contribution in [0.15, 0.2) is 18.2 Å². The average molecular weight is 479 g/mol. The number of aromatic nitrogens is 2. The molecule has 0 radical (unpaired) electrons. The van der Waals surface area contributed by atoms with Crippen LogP contribution in [0.5, 0.6) is 0 Å². The van der Waals surface area contributed by atoms with Gasteiger partial charge in [0.25, 0.3) is 5.91 Å². The Hall–Kier alpha value is -2.39. The zero-order chi connectivity index (χ0) is 23.2. The number of anilines is 1. The van der Waals surface area contributed by atoms with Crippen LogP contribution in [0.4, 0.5) is 5.69 Å². The fourth-order valence-electron chi connectivity index (χ4n) is 4.53. The first kappa shape index (κ1) is 22.8. The van der Waals surface area contributed by atoms with Crippen molar-refractivity contribution in [2.24, 2.45) is 0 Å². The minimum absolute atomic E-state index is 0.0115. The zero-order valence-corrected chi connectivity index (χ0v) is 20.0. The van der Waals surface area contributed by atoms with Crippen LogP contribution in [0.25, 0.3) is 0 Å². The van der Waals surface area contributed by atoms with E-state index in [1.54, 1.807) is 39.7 Å². The number of hydrogen-bond donors (Lipinski definition) is 0.